The summed E-state index contributed by atoms with van der Waals surface area (Å²) in [5.41, 5.74) is 2.25. The zero-order valence-corrected chi connectivity index (χ0v) is 17.4. The van der Waals surface area contributed by atoms with Crippen LogP contribution in [0.1, 0.15) is 29.9 Å². The van der Waals surface area contributed by atoms with Crippen molar-refractivity contribution in [3.63, 3.8) is 0 Å². The number of ether oxygens (including phenoxy) is 3. The van der Waals surface area contributed by atoms with Gasteiger partial charge in [0.1, 0.15) is 5.75 Å². The molecule has 1 aliphatic heterocycles. The molecule has 1 aliphatic rings. The maximum atomic E-state index is 12.5. The van der Waals surface area contributed by atoms with Crippen molar-refractivity contribution in [1.82, 2.24) is 10.2 Å². The summed E-state index contributed by atoms with van der Waals surface area (Å²) in [6.07, 6.45) is 2.17. The zero-order valence-electron chi connectivity index (χ0n) is 17.4. The third-order valence-electron chi connectivity index (χ3n) is 5.49. The molecule has 0 radical (unpaired) electrons. The average Bonchev–Trinajstić information content (AvgIpc) is 2.78. The minimum absolute atomic E-state index is 0.0139. The summed E-state index contributed by atoms with van der Waals surface area (Å²) in [6, 6.07) is 14.2. The van der Waals surface area contributed by atoms with Crippen LogP contribution in [0.25, 0.3) is 0 Å². The molecule has 3 rings (SSSR count). The quantitative estimate of drug-likeness (QED) is 0.740. The lowest BCUT2D eigenvalue weighted by molar-refractivity contribution is -0.122. The molecule has 0 saturated carbocycles. The van der Waals surface area contributed by atoms with E-state index in [9.17, 15) is 4.79 Å². The van der Waals surface area contributed by atoms with Crippen LogP contribution < -0.4 is 19.5 Å². The first kappa shape index (κ1) is 21.0. The van der Waals surface area contributed by atoms with Gasteiger partial charge in [-0.15, -0.1) is 0 Å². The largest absolute Gasteiger partial charge is 0.496 e. The standard InChI is InChI=1S/C23H30N2O4/c1-27-20-14-22(29-3)21(28-2)13-19(20)15-24-23(26)16-25-11-9-18(10-12-25)17-7-5-4-6-8-17/h4-8,13-14,18H,9-12,15-16H2,1-3H3,(H,24,26). The van der Waals surface area contributed by atoms with Crippen LogP contribution in [0.15, 0.2) is 42.5 Å². The SMILES string of the molecule is COc1cc(OC)c(OC)cc1CNC(=O)CN1CCC(c2ccccc2)CC1. The van der Waals surface area contributed by atoms with Gasteiger partial charge in [0.15, 0.2) is 11.5 Å². The van der Waals surface area contributed by atoms with Gasteiger partial charge in [0.25, 0.3) is 0 Å². The Bertz CT molecular complexity index is 802. The van der Waals surface area contributed by atoms with Gasteiger partial charge in [-0.3, -0.25) is 9.69 Å². The van der Waals surface area contributed by atoms with E-state index in [-0.39, 0.29) is 5.91 Å². The number of carbonyl (C=O) groups excluding carboxylic acids is 1. The number of rotatable bonds is 8. The molecule has 156 valence electrons. The van der Waals surface area contributed by atoms with Crippen molar-refractivity contribution in [3.8, 4) is 17.2 Å². The molecule has 6 nitrogen and oxygen atoms in total. The van der Waals surface area contributed by atoms with E-state index in [1.807, 2.05) is 6.07 Å². The number of hydrogen-bond acceptors (Lipinski definition) is 5. The molecule has 1 saturated heterocycles. The maximum absolute atomic E-state index is 12.5. The summed E-state index contributed by atoms with van der Waals surface area (Å²) in [5, 5.41) is 3.00. The van der Waals surface area contributed by atoms with Crippen LogP contribution in [-0.4, -0.2) is 51.8 Å². The Labute approximate surface area is 172 Å². The number of benzene rings is 2. The second-order valence-corrected chi connectivity index (χ2v) is 7.26. The molecule has 2 aromatic carbocycles. The Balaban J connectivity index is 1.50. The van der Waals surface area contributed by atoms with Crippen LogP contribution in [0.3, 0.4) is 0 Å². The number of carbonyl (C=O) groups is 1. The van der Waals surface area contributed by atoms with Gasteiger partial charge >= 0.3 is 0 Å². The first-order chi connectivity index (χ1) is 14.1. The Kier molecular flexibility index (Phi) is 7.36. The molecule has 1 heterocycles. The van der Waals surface area contributed by atoms with Crippen LogP contribution in [0.2, 0.25) is 0 Å². The van der Waals surface area contributed by atoms with Crippen molar-refractivity contribution >= 4 is 5.91 Å². The Morgan fingerprint density at radius 2 is 1.59 bits per heavy atom. The van der Waals surface area contributed by atoms with Gasteiger partial charge in [-0.05, 0) is 43.5 Å². The molecule has 1 amide bonds. The fourth-order valence-corrected chi connectivity index (χ4v) is 3.83. The molecule has 0 unspecified atom stereocenters. The van der Waals surface area contributed by atoms with Gasteiger partial charge in [-0.2, -0.15) is 0 Å². The lowest BCUT2D eigenvalue weighted by Crippen LogP contribution is -2.41. The number of nitrogens with zero attached hydrogens (tertiary/aromatic N) is 1. The second kappa shape index (κ2) is 10.2. The van der Waals surface area contributed by atoms with Gasteiger partial charge in [0, 0.05) is 18.2 Å². The van der Waals surface area contributed by atoms with Crippen molar-refractivity contribution in [2.24, 2.45) is 0 Å². The Morgan fingerprint density at radius 1 is 0.966 bits per heavy atom. The number of piperidine rings is 1. The Morgan fingerprint density at radius 3 is 2.21 bits per heavy atom. The van der Waals surface area contributed by atoms with E-state index in [2.05, 4.69) is 40.5 Å². The maximum Gasteiger partial charge on any atom is 0.234 e. The van der Waals surface area contributed by atoms with E-state index < -0.39 is 0 Å². The summed E-state index contributed by atoms with van der Waals surface area (Å²) >= 11 is 0. The first-order valence-corrected chi connectivity index (χ1v) is 9.97. The summed E-state index contributed by atoms with van der Waals surface area (Å²) < 4.78 is 16.1. The minimum atomic E-state index is 0.0139. The van der Waals surface area contributed by atoms with Crippen LogP contribution in [0.4, 0.5) is 0 Å². The molecule has 0 atom stereocenters. The first-order valence-electron chi connectivity index (χ1n) is 9.97. The molecule has 29 heavy (non-hydrogen) atoms. The zero-order chi connectivity index (χ0) is 20.6. The van der Waals surface area contributed by atoms with Gasteiger partial charge in [-0.1, -0.05) is 30.3 Å². The van der Waals surface area contributed by atoms with Crippen molar-refractivity contribution in [3.05, 3.63) is 53.6 Å². The fourth-order valence-electron chi connectivity index (χ4n) is 3.83. The van der Waals surface area contributed by atoms with Crippen molar-refractivity contribution < 1.29 is 19.0 Å². The van der Waals surface area contributed by atoms with Crippen molar-refractivity contribution in [2.75, 3.05) is 41.0 Å². The highest BCUT2D eigenvalue weighted by atomic mass is 16.5. The van der Waals surface area contributed by atoms with Gasteiger partial charge < -0.3 is 19.5 Å². The molecular weight excluding hydrogens is 368 g/mol. The van der Waals surface area contributed by atoms with Crippen molar-refractivity contribution in [1.29, 1.82) is 0 Å². The second-order valence-electron chi connectivity index (χ2n) is 7.26. The third kappa shape index (κ3) is 5.41. The van der Waals surface area contributed by atoms with Crippen molar-refractivity contribution in [2.45, 2.75) is 25.3 Å². The highest BCUT2D eigenvalue weighted by Crippen LogP contribution is 2.34. The predicted octanol–water partition coefficient (Wildman–Crippen LogP) is 3.21. The van der Waals surface area contributed by atoms with E-state index in [0.717, 1.165) is 31.5 Å². The molecular formula is C23H30N2O4. The molecule has 0 spiro atoms. The summed E-state index contributed by atoms with van der Waals surface area (Å²) in [6.45, 7) is 2.67. The molecule has 1 fully saturated rings. The highest BCUT2D eigenvalue weighted by molar-refractivity contribution is 5.78. The number of methoxy groups -OCH3 is 3. The van der Waals surface area contributed by atoms with Crippen LogP contribution in [-0.2, 0) is 11.3 Å². The monoisotopic (exact) mass is 398 g/mol. The molecule has 0 aliphatic carbocycles. The van der Waals surface area contributed by atoms with E-state index in [0.29, 0.717) is 36.3 Å². The van der Waals surface area contributed by atoms with Gasteiger partial charge in [-0.25, -0.2) is 0 Å². The van der Waals surface area contributed by atoms with E-state index in [1.165, 1.54) is 5.56 Å². The van der Waals surface area contributed by atoms with Crippen LogP contribution in [0.5, 0.6) is 17.2 Å². The van der Waals surface area contributed by atoms with Crippen LogP contribution >= 0.6 is 0 Å². The fraction of sp³-hybridized carbons (Fsp3) is 0.435. The number of hydrogen-bond donors (Lipinski definition) is 1. The normalized spacial score (nSPS) is 15.0. The predicted molar refractivity (Wildman–Crippen MR) is 113 cm³/mol. The smallest absolute Gasteiger partial charge is 0.234 e. The van der Waals surface area contributed by atoms with E-state index >= 15 is 0 Å². The summed E-state index contributed by atoms with van der Waals surface area (Å²) in [4.78, 5) is 14.7. The molecule has 1 N–H and O–H groups in total. The van der Waals surface area contributed by atoms with E-state index in [4.69, 9.17) is 14.2 Å². The lowest BCUT2D eigenvalue weighted by Gasteiger charge is -2.31. The molecule has 0 bridgehead atoms. The van der Waals surface area contributed by atoms with Gasteiger partial charge in [0.2, 0.25) is 5.91 Å². The Hall–Kier alpha value is -2.73. The summed E-state index contributed by atoms with van der Waals surface area (Å²) in [7, 11) is 4.77. The number of amides is 1. The number of nitrogens with one attached hydrogen (secondary N) is 1. The lowest BCUT2D eigenvalue weighted by atomic mass is 9.89. The van der Waals surface area contributed by atoms with Crippen LogP contribution in [0, 0.1) is 0 Å². The molecule has 0 aromatic heterocycles. The average molecular weight is 399 g/mol. The van der Waals surface area contributed by atoms with E-state index in [1.54, 1.807) is 27.4 Å². The molecule has 6 heteroatoms. The third-order valence-corrected chi connectivity index (χ3v) is 5.49. The molecule has 2 aromatic rings. The minimum Gasteiger partial charge on any atom is -0.496 e. The topological polar surface area (TPSA) is 60.0 Å². The number of likely N-dealkylation sites (tertiary alicyclic amines) is 1. The highest BCUT2D eigenvalue weighted by Gasteiger charge is 2.22. The summed E-state index contributed by atoms with van der Waals surface area (Å²) in [5.74, 6) is 2.47. The van der Waals surface area contributed by atoms with Gasteiger partial charge in [0.05, 0.1) is 27.9 Å².